The van der Waals surface area contributed by atoms with Crippen LogP contribution < -0.4 is 15.2 Å². The highest BCUT2D eigenvalue weighted by Gasteiger charge is 2.26. The number of nitrogens with zero attached hydrogens (tertiary/aromatic N) is 1. The Labute approximate surface area is 192 Å². The summed E-state index contributed by atoms with van der Waals surface area (Å²) in [6.07, 6.45) is 4.36. The number of benzene rings is 2. The van der Waals surface area contributed by atoms with Gasteiger partial charge in [-0.2, -0.15) is 0 Å². The van der Waals surface area contributed by atoms with Crippen LogP contribution in [-0.2, 0) is 22.4 Å². The fraction of sp³-hybridized carbons (Fsp3) is 0.500. The number of aryl methyl sites for hydroxylation is 2. The normalized spacial score (nSPS) is 12.3. The van der Waals surface area contributed by atoms with Gasteiger partial charge in [-0.3, -0.25) is 4.79 Å². The van der Waals surface area contributed by atoms with E-state index in [4.69, 9.17) is 19.9 Å². The summed E-state index contributed by atoms with van der Waals surface area (Å²) in [5, 5.41) is 0. The highest BCUT2D eigenvalue weighted by molar-refractivity contribution is 5.69. The van der Waals surface area contributed by atoms with Crippen LogP contribution in [0.5, 0.6) is 11.5 Å². The molecule has 2 aromatic rings. The second-order valence-electron chi connectivity index (χ2n) is 8.69. The molecule has 0 aromatic heterocycles. The van der Waals surface area contributed by atoms with Gasteiger partial charge in [0.15, 0.2) is 0 Å². The SMILES string of the molecule is COC(=O)CC(N)C[N+](C)(CCCc1ccc(OC)cc1)CCCc1ccc(OC)cc1. The number of hydrogen-bond acceptors (Lipinski definition) is 5. The molecule has 6 heteroatoms. The van der Waals surface area contributed by atoms with Crippen molar-refractivity contribution < 1.29 is 23.5 Å². The van der Waals surface area contributed by atoms with Crippen LogP contribution in [0.2, 0.25) is 0 Å². The third-order valence-electron chi connectivity index (χ3n) is 5.98. The van der Waals surface area contributed by atoms with Gasteiger partial charge in [-0.25, -0.2) is 0 Å². The number of methoxy groups -OCH3 is 3. The maximum absolute atomic E-state index is 11.7. The number of nitrogens with two attached hydrogens (primary N) is 1. The predicted octanol–water partition coefficient (Wildman–Crippen LogP) is 3.61. The Bertz CT molecular complexity index is 752. The Morgan fingerprint density at radius 1 is 0.844 bits per heavy atom. The molecule has 0 spiro atoms. The molecule has 0 saturated carbocycles. The Morgan fingerprint density at radius 2 is 1.28 bits per heavy atom. The van der Waals surface area contributed by atoms with E-state index in [0.717, 1.165) is 61.3 Å². The number of carbonyl (C=O) groups excluding carboxylic acids is 1. The lowest BCUT2D eigenvalue weighted by atomic mass is 10.1. The van der Waals surface area contributed by atoms with Crippen molar-refractivity contribution in [3.8, 4) is 11.5 Å². The Balaban J connectivity index is 1.94. The number of rotatable bonds is 14. The molecule has 0 bridgehead atoms. The lowest BCUT2D eigenvalue weighted by Gasteiger charge is -2.37. The first-order valence-corrected chi connectivity index (χ1v) is 11.3. The molecule has 0 aliphatic heterocycles. The highest BCUT2D eigenvalue weighted by Crippen LogP contribution is 2.17. The molecule has 1 atom stereocenters. The van der Waals surface area contributed by atoms with Crippen molar-refractivity contribution in [1.82, 2.24) is 0 Å². The molecule has 6 nitrogen and oxygen atoms in total. The van der Waals surface area contributed by atoms with E-state index in [0.29, 0.717) is 0 Å². The molecule has 32 heavy (non-hydrogen) atoms. The molecule has 1 unspecified atom stereocenters. The first kappa shape index (κ1) is 25.7. The quantitative estimate of drug-likeness (QED) is 0.357. The molecular formula is C26H39N2O4+. The molecule has 0 fully saturated rings. The molecule has 0 aliphatic carbocycles. The van der Waals surface area contributed by atoms with E-state index in [1.807, 2.05) is 24.3 Å². The van der Waals surface area contributed by atoms with Crippen LogP contribution in [-0.4, -0.2) is 64.5 Å². The van der Waals surface area contributed by atoms with E-state index in [1.165, 1.54) is 18.2 Å². The zero-order chi connectivity index (χ0) is 23.4. The van der Waals surface area contributed by atoms with Crippen LogP contribution in [0, 0.1) is 0 Å². The summed E-state index contributed by atoms with van der Waals surface area (Å²) in [5.41, 5.74) is 8.92. The van der Waals surface area contributed by atoms with Gasteiger partial charge in [-0.15, -0.1) is 0 Å². The second kappa shape index (κ2) is 13.1. The van der Waals surface area contributed by atoms with Crippen LogP contribution in [0.3, 0.4) is 0 Å². The van der Waals surface area contributed by atoms with Crippen molar-refractivity contribution in [2.45, 2.75) is 38.1 Å². The number of carbonyl (C=O) groups is 1. The van der Waals surface area contributed by atoms with Gasteiger partial charge in [0.25, 0.3) is 0 Å². The molecule has 0 radical (unpaired) electrons. The monoisotopic (exact) mass is 443 g/mol. The van der Waals surface area contributed by atoms with Gasteiger partial charge in [0.1, 0.15) is 11.5 Å². The summed E-state index contributed by atoms with van der Waals surface area (Å²) >= 11 is 0. The molecule has 2 aromatic carbocycles. The zero-order valence-corrected chi connectivity index (χ0v) is 20.0. The Hall–Kier alpha value is -2.57. The number of quaternary nitrogens is 1. The zero-order valence-electron chi connectivity index (χ0n) is 20.0. The number of ether oxygens (including phenoxy) is 3. The fourth-order valence-electron chi connectivity index (χ4n) is 4.14. The molecule has 176 valence electrons. The van der Waals surface area contributed by atoms with Gasteiger partial charge in [0.05, 0.1) is 60.5 Å². The van der Waals surface area contributed by atoms with Crippen LogP contribution in [0.4, 0.5) is 0 Å². The van der Waals surface area contributed by atoms with E-state index in [9.17, 15) is 4.79 Å². The van der Waals surface area contributed by atoms with E-state index < -0.39 is 0 Å². The fourth-order valence-corrected chi connectivity index (χ4v) is 4.14. The van der Waals surface area contributed by atoms with E-state index in [1.54, 1.807) is 14.2 Å². The molecule has 0 heterocycles. The van der Waals surface area contributed by atoms with E-state index >= 15 is 0 Å². The number of hydrogen-bond donors (Lipinski definition) is 1. The Kier molecular flexibility index (Phi) is 10.5. The van der Waals surface area contributed by atoms with Crippen molar-refractivity contribution in [1.29, 1.82) is 0 Å². The molecule has 0 aliphatic rings. The predicted molar refractivity (Wildman–Crippen MR) is 128 cm³/mol. The molecular weight excluding hydrogens is 404 g/mol. The minimum absolute atomic E-state index is 0.213. The summed E-state index contributed by atoms with van der Waals surface area (Å²) in [5.74, 6) is 1.50. The Morgan fingerprint density at radius 3 is 1.66 bits per heavy atom. The van der Waals surface area contributed by atoms with Crippen molar-refractivity contribution in [2.24, 2.45) is 5.73 Å². The summed E-state index contributed by atoms with van der Waals surface area (Å²) in [4.78, 5) is 11.7. The van der Waals surface area contributed by atoms with Gasteiger partial charge in [0.2, 0.25) is 0 Å². The standard InChI is InChI=1S/C26H39N2O4/c1-28(20-23(27)19-26(29)32-4,17-5-7-21-9-13-24(30-2)14-10-21)18-6-8-22-11-15-25(31-3)16-12-22/h9-16,23H,5-8,17-20,27H2,1-4H3/q+1. The minimum atomic E-state index is -0.250. The first-order valence-electron chi connectivity index (χ1n) is 11.3. The van der Waals surface area contributed by atoms with Gasteiger partial charge in [0, 0.05) is 12.8 Å². The summed E-state index contributed by atoms with van der Waals surface area (Å²) in [6, 6.07) is 16.3. The van der Waals surface area contributed by atoms with Crippen molar-refractivity contribution in [3.63, 3.8) is 0 Å². The first-order chi connectivity index (χ1) is 15.4. The van der Waals surface area contributed by atoms with Gasteiger partial charge < -0.3 is 24.4 Å². The van der Waals surface area contributed by atoms with Crippen molar-refractivity contribution in [3.05, 3.63) is 59.7 Å². The average molecular weight is 444 g/mol. The number of esters is 1. The van der Waals surface area contributed by atoms with Crippen LogP contribution in [0.25, 0.3) is 0 Å². The number of likely N-dealkylation sites (N-methyl/N-ethyl adjacent to an activating group) is 1. The van der Waals surface area contributed by atoms with Crippen LogP contribution >= 0.6 is 0 Å². The topological polar surface area (TPSA) is 70.8 Å². The largest absolute Gasteiger partial charge is 0.497 e. The van der Waals surface area contributed by atoms with Gasteiger partial charge >= 0.3 is 5.97 Å². The molecule has 0 amide bonds. The summed E-state index contributed by atoms with van der Waals surface area (Å²) in [6.45, 7) is 2.76. The summed E-state index contributed by atoms with van der Waals surface area (Å²) < 4.78 is 16.1. The molecule has 2 rings (SSSR count). The van der Waals surface area contributed by atoms with Gasteiger partial charge in [-0.05, 0) is 48.2 Å². The van der Waals surface area contributed by atoms with E-state index in [-0.39, 0.29) is 18.4 Å². The lowest BCUT2D eigenvalue weighted by Crippen LogP contribution is -2.53. The third kappa shape index (κ3) is 8.89. The smallest absolute Gasteiger partial charge is 0.307 e. The average Bonchev–Trinajstić information content (AvgIpc) is 2.79. The maximum atomic E-state index is 11.7. The highest BCUT2D eigenvalue weighted by atomic mass is 16.5. The summed E-state index contributed by atoms with van der Waals surface area (Å²) in [7, 11) is 7.02. The van der Waals surface area contributed by atoms with E-state index in [2.05, 4.69) is 31.3 Å². The lowest BCUT2D eigenvalue weighted by molar-refractivity contribution is -0.910. The maximum Gasteiger partial charge on any atom is 0.307 e. The van der Waals surface area contributed by atoms with Crippen molar-refractivity contribution in [2.75, 3.05) is 48.0 Å². The van der Waals surface area contributed by atoms with Crippen LogP contribution in [0.1, 0.15) is 30.4 Å². The molecule has 2 N–H and O–H groups in total. The van der Waals surface area contributed by atoms with Gasteiger partial charge in [-0.1, -0.05) is 24.3 Å². The van der Waals surface area contributed by atoms with Crippen molar-refractivity contribution >= 4 is 5.97 Å². The second-order valence-corrected chi connectivity index (χ2v) is 8.69. The third-order valence-corrected chi connectivity index (χ3v) is 5.98. The minimum Gasteiger partial charge on any atom is -0.497 e. The molecule has 0 saturated heterocycles. The van der Waals surface area contributed by atoms with Crippen LogP contribution in [0.15, 0.2) is 48.5 Å².